The molecule has 1 saturated heterocycles. The molecular weight excluding hydrogens is 312 g/mol. The second-order valence-electron chi connectivity index (χ2n) is 5.68. The molecular formula is C15H18N6O3. The Bertz CT molecular complexity index is 746. The summed E-state index contributed by atoms with van der Waals surface area (Å²) in [5, 5.41) is 18.5. The summed E-state index contributed by atoms with van der Waals surface area (Å²) < 4.78 is 1.31. The topological polar surface area (TPSA) is 106 Å². The molecule has 9 nitrogen and oxygen atoms in total. The van der Waals surface area contributed by atoms with Gasteiger partial charge in [0.1, 0.15) is 18.3 Å². The lowest BCUT2D eigenvalue weighted by atomic mass is 10.0. The maximum atomic E-state index is 12.7. The van der Waals surface area contributed by atoms with E-state index in [2.05, 4.69) is 15.4 Å². The van der Waals surface area contributed by atoms with Gasteiger partial charge in [0.05, 0.1) is 4.92 Å². The Morgan fingerprint density at radius 2 is 2.29 bits per heavy atom. The van der Waals surface area contributed by atoms with Gasteiger partial charge in [-0.1, -0.05) is 0 Å². The molecule has 1 unspecified atom stereocenters. The number of benzene rings is 1. The fraction of sp³-hybridized carbons (Fsp3) is 0.400. The van der Waals surface area contributed by atoms with Crippen molar-refractivity contribution in [2.75, 3.05) is 20.1 Å². The first kappa shape index (κ1) is 16.1. The largest absolute Gasteiger partial charge is 0.337 e. The van der Waals surface area contributed by atoms with Crippen LogP contribution in [0.5, 0.6) is 0 Å². The van der Waals surface area contributed by atoms with E-state index in [0.29, 0.717) is 18.7 Å². The Labute approximate surface area is 138 Å². The van der Waals surface area contributed by atoms with E-state index >= 15 is 0 Å². The number of rotatable bonds is 4. The quantitative estimate of drug-likeness (QED) is 0.662. The summed E-state index contributed by atoms with van der Waals surface area (Å²) >= 11 is 0. The van der Waals surface area contributed by atoms with Gasteiger partial charge < -0.3 is 10.2 Å². The maximum Gasteiger partial charge on any atom is 0.295 e. The highest BCUT2D eigenvalue weighted by atomic mass is 16.6. The molecule has 2 aromatic rings. The van der Waals surface area contributed by atoms with Crippen molar-refractivity contribution in [3.05, 3.63) is 46.5 Å². The number of nitrogens with zero attached hydrogens (tertiary/aromatic N) is 5. The highest BCUT2D eigenvalue weighted by Crippen LogP contribution is 2.25. The van der Waals surface area contributed by atoms with E-state index in [4.69, 9.17) is 0 Å². The van der Waals surface area contributed by atoms with Crippen molar-refractivity contribution in [1.29, 1.82) is 0 Å². The molecule has 1 aromatic heterocycles. The molecule has 3 rings (SSSR count). The van der Waals surface area contributed by atoms with Crippen molar-refractivity contribution in [2.45, 2.75) is 18.9 Å². The summed E-state index contributed by atoms with van der Waals surface area (Å²) in [5.74, 6) is -0.191. The van der Waals surface area contributed by atoms with Gasteiger partial charge in [0.15, 0.2) is 0 Å². The van der Waals surface area contributed by atoms with Gasteiger partial charge in [0.25, 0.3) is 11.6 Å². The number of likely N-dealkylation sites (tertiary alicyclic amines) is 1. The lowest BCUT2D eigenvalue weighted by Gasteiger charge is -2.32. The van der Waals surface area contributed by atoms with Crippen molar-refractivity contribution < 1.29 is 9.72 Å². The Morgan fingerprint density at radius 3 is 2.96 bits per heavy atom. The minimum atomic E-state index is -0.513. The van der Waals surface area contributed by atoms with Crippen LogP contribution in [0.25, 0.3) is 5.69 Å². The molecule has 2 heterocycles. The van der Waals surface area contributed by atoms with Gasteiger partial charge in [-0.15, -0.1) is 0 Å². The van der Waals surface area contributed by atoms with Crippen molar-refractivity contribution in [3.8, 4) is 5.69 Å². The third-order valence-electron chi connectivity index (χ3n) is 4.20. The first-order valence-electron chi connectivity index (χ1n) is 7.70. The molecule has 24 heavy (non-hydrogen) atoms. The summed E-state index contributed by atoms with van der Waals surface area (Å²) in [6.45, 7) is 1.27. The zero-order valence-corrected chi connectivity index (χ0v) is 13.3. The number of nitrogens with one attached hydrogen (secondary N) is 1. The molecule has 1 aliphatic heterocycles. The number of piperidine rings is 1. The second kappa shape index (κ2) is 6.75. The number of carbonyl (C=O) groups is 1. The Kier molecular flexibility index (Phi) is 4.52. The summed E-state index contributed by atoms with van der Waals surface area (Å²) in [4.78, 5) is 29.1. The molecule has 0 aliphatic carbocycles. The van der Waals surface area contributed by atoms with Crippen molar-refractivity contribution in [3.63, 3.8) is 0 Å². The first-order valence-corrected chi connectivity index (χ1v) is 7.70. The van der Waals surface area contributed by atoms with E-state index in [1.165, 1.54) is 29.5 Å². The minimum Gasteiger partial charge on any atom is -0.337 e. The number of hydrogen-bond donors (Lipinski definition) is 1. The molecule has 1 aliphatic rings. The van der Waals surface area contributed by atoms with E-state index in [1.807, 2.05) is 7.05 Å². The molecule has 1 amide bonds. The predicted octanol–water partition coefficient (Wildman–Crippen LogP) is 0.999. The summed E-state index contributed by atoms with van der Waals surface area (Å²) in [6.07, 6.45) is 4.61. The number of likely N-dealkylation sites (N-methyl/N-ethyl adjacent to an activating group) is 1. The number of amides is 1. The molecule has 1 N–H and O–H groups in total. The number of nitro benzene ring substituents is 1. The van der Waals surface area contributed by atoms with E-state index in [0.717, 1.165) is 12.8 Å². The molecule has 1 aromatic carbocycles. The van der Waals surface area contributed by atoms with Crippen molar-refractivity contribution >= 4 is 11.6 Å². The van der Waals surface area contributed by atoms with Crippen LogP contribution in [-0.2, 0) is 0 Å². The normalized spacial score (nSPS) is 17.7. The van der Waals surface area contributed by atoms with Crippen molar-refractivity contribution in [1.82, 2.24) is 25.0 Å². The summed E-state index contributed by atoms with van der Waals surface area (Å²) in [7, 11) is 1.87. The van der Waals surface area contributed by atoms with E-state index in [-0.39, 0.29) is 23.3 Å². The highest BCUT2D eigenvalue weighted by molar-refractivity contribution is 5.95. The van der Waals surface area contributed by atoms with Crippen LogP contribution in [0.2, 0.25) is 0 Å². The Hall–Kier alpha value is -2.81. The number of hydrogen-bond acceptors (Lipinski definition) is 6. The fourth-order valence-corrected chi connectivity index (χ4v) is 2.91. The number of nitro groups is 1. The third kappa shape index (κ3) is 3.11. The van der Waals surface area contributed by atoms with Crippen LogP contribution in [0.1, 0.15) is 23.2 Å². The Morgan fingerprint density at radius 1 is 1.46 bits per heavy atom. The van der Waals surface area contributed by atoms with Gasteiger partial charge in [-0.05, 0) is 32.0 Å². The molecule has 1 atom stereocenters. The summed E-state index contributed by atoms with van der Waals surface area (Å²) in [6, 6.07) is 4.68. The Balaban J connectivity index is 1.90. The predicted molar refractivity (Wildman–Crippen MR) is 86.0 cm³/mol. The van der Waals surface area contributed by atoms with Gasteiger partial charge >= 0.3 is 0 Å². The van der Waals surface area contributed by atoms with Gasteiger partial charge in [-0.25, -0.2) is 9.67 Å². The molecule has 9 heteroatoms. The van der Waals surface area contributed by atoms with Crippen LogP contribution in [0.3, 0.4) is 0 Å². The summed E-state index contributed by atoms with van der Waals surface area (Å²) in [5.41, 5.74) is 0.414. The molecule has 0 spiro atoms. The molecule has 0 bridgehead atoms. The molecule has 1 fully saturated rings. The maximum absolute atomic E-state index is 12.7. The second-order valence-corrected chi connectivity index (χ2v) is 5.68. The SMILES string of the molecule is CNC1CCCN(C(=O)c2ccc(-n3cncn3)c([N+](=O)[O-])c2)C1. The van der Waals surface area contributed by atoms with E-state index in [1.54, 1.807) is 11.0 Å². The lowest BCUT2D eigenvalue weighted by molar-refractivity contribution is -0.384. The van der Waals surface area contributed by atoms with Gasteiger partial charge in [0, 0.05) is 30.8 Å². The first-order chi connectivity index (χ1) is 11.6. The van der Waals surface area contributed by atoms with E-state index in [9.17, 15) is 14.9 Å². The minimum absolute atomic E-state index is 0.173. The third-order valence-corrected chi connectivity index (χ3v) is 4.20. The number of carbonyl (C=O) groups excluding carboxylic acids is 1. The van der Waals surface area contributed by atoms with Crippen molar-refractivity contribution in [2.24, 2.45) is 0 Å². The van der Waals surface area contributed by atoms with Gasteiger partial charge in [-0.2, -0.15) is 5.10 Å². The zero-order chi connectivity index (χ0) is 17.1. The molecule has 0 radical (unpaired) electrons. The van der Waals surface area contributed by atoms with Crippen LogP contribution in [-0.4, -0.2) is 56.7 Å². The highest BCUT2D eigenvalue weighted by Gasteiger charge is 2.26. The molecule has 0 saturated carbocycles. The van der Waals surface area contributed by atoms with Crippen LogP contribution in [0.15, 0.2) is 30.9 Å². The fourth-order valence-electron chi connectivity index (χ4n) is 2.91. The van der Waals surface area contributed by atoms with Crippen LogP contribution in [0, 0.1) is 10.1 Å². The van der Waals surface area contributed by atoms with Gasteiger partial charge in [-0.3, -0.25) is 14.9 Å². The average molecular weight is 330 g/mol. The standard InChI is InChI=1S/C15H18N6O3/c1-16-12-3-2-6-19(8-12)15(22)11-4-5-13(14(7-11)21(23)24)20-10-17-9-18-20/h4-5,7,9-10,12,16H,2-3,6,8H2,1H3. The van der Waals surface area contributed by atoms with Crippen LogP contribution in [0.4, 0.5) is 5.69 Å². The van der Waals surface area contributed by atoms with Crippen LogP contribution >= 0.6 is 0 Å². The molecule has 126 valence electrons. The number of aromatic nitrogens is 3. The van der Waals surface area contributed by atoms with E-state index < -0.39 is 4.92 Å². The average Bonchev–Trinajstić information content (AvgIpc) is 3.15. The van der Waals surface area contributed by atoms with Gasteiger partial charge in [0.2, 0.25) is 0 Å². The monoisotopic (exact) mass is 330 g/mol. The smallest absolute Gasteiger partial charge is 0.295 e. The lowest BCUT2D eigenvalue weighted by Crippen LogP contribution is -2.46. The zero-order valence-electron chi connectivity index (χ0n) is 13.3. The van der Waals surface area contributed by atoms with Crippen LogP contribution < -0.4 is 5.32 Å².